The molecule has 4 rings (SSSR count). The molecular formula is C30H35FN4O4. The molecular weight excluding hydrogens is 499 g/mol. The summed E-state index contributed by atoms with van der Waals surface area (Å²) in [4.78, 5) is 41.3. The maximum absolute atomic E-state index is 13.4. The van der Waals surface area contributed by atoms with E-state index in [2.05, 4.69) is 10.6 Å². The van der Waals surface area contributed by atoms with Crippen LogP contribution in [0.1, 0.15) is 42.6 Å². The van der Waals surface area contributed by atoms with E-state index in [-0.39, 0.29) is 18.9 Å². The normalized spacial score (nSPS) is 17.1. The predicted molar refractivity (Wildman–Crippen MR) is 147 cm³/mol. The van der Waals surface area contributed by atoms with E-state index in [1.807, 2.05) is 42.5 Å². The van der Waals surface area contributed by atoms with E-state index in [0.717, 1.165) is 16.3 Å². The third-order valence-corrected chi connectivity index (χ3v) is 7.12. The molecule has 1 fully saturated rings. The van der Waals surface area contributed by atoms with Crippen LogP contribution in [0.3, 0.4) is 0 Å². The minimum absolute atomic E-state index is 0.0783. The molecule has 3 atom stereocenters. The molecule has 0 radical (unpaired) electrons. The van der Waals surface area contributed by atoms with Crippen LogP contribution < -0.4 is 16.4 Å². The smallest absolute Gasteiger partial charge is 0.254 e. The van der Waals surface area contributed by atoms with Gasteiger partial charge in [-0.05, 0) is 67.3 Å². The maximum atomic E-state index is 13.4. The van der Waals surface area contributed by atoms with Crippen molar-refractivity contribution in [1.29, 1.82) is 0 Å². The largest absolute Gasteiger partial charge is 0.389 e. The monoisotopic (exact) mass is 534 g/mol. The lowest BCUT2D eigenvalue weighted by molar-refractivity contribution is -0.131. The molecule has 1 aliphatic heterocycles. The van der Waals surface area contributed by atoms with E-state index >= 15 is 0 Å². The molecule has 3 aromatic carbocycles. The lowest BCUT2D eigenvalue weighted by Gasteiger charge is -2.28. The molecule has 1 aliphatic rings. The van der Waals surface area contributed by atoms with Gasteiger partial charge < -0.3 is 26.4 Å². The summed E-state index contributed by atoms with van der Waals surface area (Å²) in [7, 11) is 0. The third kappa shape index (κ3) is 6.99. The first kappa shape index (κ1) is 28.2. The highest BCUT2D eigenvalue weighted by Gasteiger charge is 2.36. The molecule has 0 spiro atoms. The van der Waals surface area contributed by atoms with Crippen LogP contribution in [0, 0.1) is 5.82 Å². The number of halogens is 1. The molecule has 0 aliphatic carbocycles. The predicted octanol–water partition coefficient (Wildman–Crippen LogP) is 2.53. The van der Waals surface area contributed by atoms with Crippen molar-refractivity contribution in [3.8, 4) is 0 Å². The molecule has 5 N–H and O–H groups in total. The van der Waals surface area contributed by atoms with Gasteiger partial charge in [0.15, 0.2) is 0 Å². The maximum Gasteiger partial charge on any atom is 0.254 e. The van der Waals surface area contributed by atoms with Crippen molar-refractivity contribution < 1.29 is 23.9 Å². The van der Waals surface area contributed by atoms with Crippen molar-refractivity contribution in [2.75, 3.05) is 13.1 Å². The Morgan fingerprint density at radius 1 is 1.08 bits per heavy atom. The van der Waals surface area contributed by atoms with Crippen molar-refractivity contribution in [2.24, 2.45) is 5.73 Å². The fraction of sp³-hybridized carbons (Fsp3) is 0.367. The molecule has 1 heterocycles. The van der Waals surface area contributed by atoms with Gasteiger partial charge in [0.25, 0.3) is 5.91 Å². The van der Waals surface area contributed by atoms with Crippen LogP contribution in [0.2, 0.25) is 0 Å². The number of nitrogens with one attached hydrogen (secondary N) is 2. The van der Waals surface area contributed by atoms with Crippen LogP contribution in [-0.4, -0.2) is 64.5 Å². The molecule has 3 aromatic rings. The Balaban J connectivity index is 1.52. The Labute approximate surface area is 227 Å². The molecule has 0 saturated carbocycles. The Kier molecular flexibility index (Phi) is 8.62. The number of hydrogen-bond acceptors (Lipinski definition) is 5. The van der Waals surface area contributed by atoms with Gasteiger partial charge >= 0.3 is 0 Å². The highest BCUT2D eigenvalue weighted by atomic mass is 19.1. The fourth-order valence-corrected chi connectivity index (χ4v) is 4.70. The van der Waals surface area contributed by atoms with Crippen molar-refractivity contribution >= 4 is 28.5 Å². The average molecular weight is 535 g/mol. The number of carbonyl (C=O) groups is 3. The Hall–Kier alpha value is -3.82. The lowest BCUT2D eigenvalue weighted by atomic mass is 9.98. The zero-order valence-electron chi connectivity index (χ0n) is 22.2. The summed E-state index contributed by atoms with van der Waals surface area (Å²) >= 11 is 0. The van der Waals surface area contributed by atoms with Crippen LogP contribution in [0.25, 0.3) is 10.8 Å². The van der Waals surface area contributed by atoms with Gasteiger partial charge in [0.1, 0.15) is 17.9 Å². The number of nitrogens with zero attached hydrogens (tertiary/aromatic N) is 1. The quantitative estimate of drug-likeness (QED) is 0.336. The molecule has 2 unspecified atom stereocenters. The van der Waals surface area contributed by atoms with Crippen LogP contribution >= 0.6 is 0 Å². The second-order valence-electron chi connectivity index (χ2n) is 10.7. The van der Waals surface area contributed by atoms with Gasteiger partial charge in [-0.2, -0.15) is 0 Å². The van der Waals surface area contributed by atoms with Crippen molar-refractivity contribution in [3.63, 3.8) is 0 Å². The first-order valence-electron chi connectivity index (χ1n) is 13.1. The zero-order valence-corrected chi connectivity index (χ0v) is 22.2. The minimum atomic E-state index is -0.989. The number of nitrogens with two attached hydrogens (primary N) is 1. The molecule has 8 nitrogen and oxygen atoms in total. The molecule has 9 heteroatoms. The SMILES string of the molecule is CC(C)(N)C(O)CNC(=O)[C@@H](Cc1ccc2ccccc2c1)NC(=O)C1CCCN1C(=O)c1ccc(F)cc1. The van der Waals surface area contributed by atoms with Crippen molar-refractivity contribution in [2.45, 2.75) is 56.8 Å². The van der Waals surface area contributed by atoms with Crippen LogP contribution in [0.5, 0.6) is 0 Å². The Bertz CT molecular complexity index is 1340. The van der Waals surface area contributed by atoms with Crippen LogP contribution in [-0.2, 0) is 16.0 Å². The summed E-state index contributed by atoms with van der Waals surface area (Å²) in [5.41, 5.74) is 6.17. The second kappa shape index (κ2) is 11.9. The van der Waals surface area contributed by atoms with E-state index in [1.165, 1.54) is 29.2 Å². The van der Waals surface area contributed by atoms with Gasteiger partial charge in [-0.25, -0.2) is 4.39 Å². The number of carbonyl (C=O) groups excluding carboxylic acids is 3. The standard InChI is InChI=1S/C30H35FN4O4/c1-30(2,32)26(36)18-33-27(37)24(17-19-9-10-20-6-3-4-7-22(20)16-19)34-28(38)25-8-5-15-35(25)29(39)21-11-13-23(31)14-12-21/h3-4,6-7,9-14,16,24-26,36H,5,8,15,17-18,32H2,1-2H3,(H,33,37)(H,34,38)/t24-,25?,26?/m1/s1. The first-order chi connectivity index (χ1) is 18.5. The van der Waals surface area contributed by atoms with Gasteiger partial charge in [-0.3, -0.25) is 14.4 Å². The van der Waals surface area contributed by atoms with Gasteiger partial charge in [-0.15, -0.1) is 0 Å². The first-order valence-corrected chi connectivity index (χ1v) is 13.1. The summed E-state index contributed by atoms with van der Waals surface area (Å²) in [6.45, 7) is 3.62. The number of aliphatic hydroxyl groups excluding tert-OH is 1. The Morgan fingerprint density at radius 3 is 2.46 bits per heavy atom. The van der Waals surface area contributed by atoms with E-state index in [9.17, 15) is 23.9 Å². The lowest BCUT2D eigenvalue weighted by Crippen LogP contribution is -2.56. The number of amides is 3. The molecule has 3 amide bonds. The number of aliphatic hydroxyl groups is 1. The van der Waals surface area contributed by atoms with Gasteiger partial charge in [0.2, 0.25) is 11.8 Å². The number of benzene rings is 3. The number of rotatable bonds is 9. The van der Waals surface area contributed by atoms with Crippen molar-refractivity contribution in [1.82, 2.24) is 15.5 Å². The van der Waals surface area contributed by atoms with Gasteiger partial charge in [-0.1, -0.05) is 42.5 Å². The molecule has 1 saturated heterocycles. The Morgan fingerprint density at radius 2 is 1.77 bits per heavy atom. The van der Waals surface area contributed by atoms with E-state index in [0.29, 0.717) is 24.9 Å². The molecule has 39 heavy (non-hydrogen) atoms. The van der Waals surface area contributed by atoms with Crippen molar-refractivity contribution in [3.05, 3.63) is 83.7 Å². The summed E-state index contributed by atoms with van der Waals surface area (Å²) in [5, 5.41) is 17.9. The number of likely N-dealkylation sites (tertiary alicyclic amines) is 1. The third-order valence-electron chi connectivity index (χ3n) is 7.12. The summed E-state index contributed by atoms with van der Waals surface area (Å²) < 4.78 is 13.3. The average Bonchev–Trinajstić information content (AvgIpc) is 3.41. The summed E-state index contributed by atoms with van der Waals surface area (Å²) in [6.07, 6.45) is 0.300. The minimum Gasteiger partial charge on any atom is -0.389 e. The number of hydrogen-bond donors (Lipinski definition) is 4. The topological polar surface area (TPSA) is 125 Å². The van der Waals surface area contributed by atoms with Gasteiger partial charge in [0, 0.05) is 30.6 Å². The number of fused-ring (bicyclic) bond motifs is 1. The van der Waals surface area contributed by atoms with E-state index < -0.39 is 41.4 Å². The highest BCUT2D eigenvalue weighted by Crippen LogP contribution is 2.22. The summed E-state index contributed by atoms with van der Waals surface area (Å²) in [5.74, 6) is -1.72. The molecule has 206 valence electrons. The zero-order chi connectivity index (χ0) is 28.2. The second-order valence-corrected chi connectivity index (χ2v) is 10.7. The molecule has 0 aromatic heterocycles. The van der Waals surface area contributed by atoms with Crippen LogP contribution in [0.15, 0.2) is 66.7 Å². The molecule has 0 bridgehead atoms. The van der Waals surface area contributed by atoms with E-state index in [1.54, 1.807) is 13.8 Å². The summed E-state index contributed by atoms with van der Waals surface area (Å²) in [6, 6.07) is 17.2. The fourth-order valence-electron chi connectivity index (χ4n) is 4.70. The highest BCUT2D eigenvalue weighted by molar-refractivity contribution is 5.99. The van der Waals surface area contributed by atoms with E-state index in [4.69, 9.17) is 5.73 Å². The van der Waals surface area contributed by atoms with Crippen LogP contribution in [0.4, 0.5) is 4.39 Å². The van der Waals surface area contributed by atoms with Gasteiger partial charge in [0.05, 0.1) is 6.10 Å².